The first-order chi connectivity index (χ1) is 14.4. The molecule has 2 aromatic carbocycles. The van der Waals surface area contributed by atoms with Gasteiger partial charge < -0.3 is 9.75 Å². The molecule has 0 spiro atoms. The summed E-state index contributed by atoms with van der Waals surface area (Å²) < 4.78 is 6.02. The molecule has 1 heterocycles. The number of carbonyl (C=O) groups excluding carboxylic acids is 1. The van der Waals surface area contributed by atoms with Crippen molar-refractivity contribution in [3.8, 4) is 17.0 Å². The van der Waals surface area contributed by atoms with Crippen molar-refractivity contribution < 1.29 is 9.53 Å². The maximum Gasteiger partial charge on any atom is 0.221 e. The number of ether oxygens (including phenoxy) is 1. The third-order valence-corrected chi connectivity index (χ3v) is 4.57. The minimum atomic E-state index is 0.403. The summed E-state index contributed by atoms with van der Waals surface area (Å²) in [7, 11) is 1.83. The Labute approximate surface area is 177 Å². The van der Waals surface area contributed by atoms with Crippen LogP contribution < -0.4 is 26.9 Å². The monoisotopic (exact) mass is 407 g/mol. The van der Waals surface area contributed by atoms with Crippen LogP contribution in [0.2, 0.25) is 0 Å². The van der Waals surface area contributed by atoms with Crippen molar-refractivity contribution in [2.24, 2.45) is 11.7 Å². The van der Waals surface area contributed by atoms with Crippen LogP contribution in [0.1, 0.15) is 22.3 Å². The number of benzene rings is 2. The van der Waals surface area contributed by atoms with E-state index in [1.165, 1.54) is 5.56 Å². The predicted octanol–water partition coefficient (Wildman–Crippen LogP) is 3.17. The number of anilines is 1. The quantitative estimate of drug-likeness (QED) is 0.251. The minimum absolute atomic E-state index is 0.403. The fraction of sp³-hybridized carbons (Fsp3) is 0.217. The van der Waals surface area contributed by atoms with Crippen molar-refractivity contribution >= 4 is 12.1 Å². The van der Waals surface area contributed by atoms with Gasteiger partial charge in [0.15, 0.2) is 0 Å². The molecule has 7 heteroatoms. The van der Waals surface area contributed by atoms with E-state index in [1.807, 2.05) is 32.3 Å². The van der Waals surface area contributed by atoms with Crippen LogP contribution in [0.25, 0.3) is 11.1 Å². The van der Waals surface area contributed by atoms with Crippen molar-refractivity contribution in [1.29, 1.82) is 0 Å². The van der Waals surface area contributed by atoms with Crippen LogP contribution in [0.15, 0.2) is 54.7 Å². The van der Waals surface area contributed by atoms with Gasteiger partial charge in [0.25, 0.3) is 0 Å². The number of aromatic nitrogens is 1. The molecule has 5 N–H and O–H groups in total. The Morgan fingerprint density at radius 3 is 2.37 bits per heavy atom. The van der Waals surface area contributed by atoms with E-state index >= 15 is 0 Å². The number of hydrazine groups is 2. The number of hydrogen-bond donors (Lipinski definition) is 3. The van der Waals surface area contributed by atoms with Gasteiger partial charge in [-0.3, -0.25) is 10.2 Å². The van der Waals surface area contributed by atoms with Gasteiger partial charge in [-0.05, 0) is 44.0 Å². The average molecular weight is 408 g/mol. The van der Waals surface area contributed by atoms with E-state index in [0.29, 0.717) is 18.9 Å². The Morgan fingerprint density at radius 2 is 1.77 bits per heavy atom. The van der Waals surface area contributed by atoms with E-state index in [2.05, 4.69) is 61.1 Å². The third kappa shape index (κ3) is 6.04. The smallest absolute Gasteiger partial charge is 0.221 e. The van der Waals surface area contributed by atoms with E-state index in [4.69, 9.17) is 15.4 Å². The summed E-state index contributed by atoms with van der Waals surface area (Å²) in [6, 6.07) is 16.6. The van der Waals surface area contributed by atoms with Gasteiger partial charge in [-0.15, -0.1) is 0 Å². The summed E-state index contributed by atoms with van der Waals surface area (Å²) in [4.78, 5) is 13.5. The van der Waals surface area contributed by atoms with Gasteiger partial charge >= 0.3 is 0 Å². The molecule has 0 radical (unpaired) electrons. The molecule has 3 rings (SSSR count). The lowest BCUT2D eigenvalue weighted by molar-refractivity contribution is -0.109. The molecular formula is C23H29N5O2. The summed E-state index contributed by atoms with van der Waals surface area (Å²) >= 11 is 0. The van der Waals surface area contributed by atoms with Gasteiger partial charge in [0.1, 0.15) is 6.61 Å². The molecule has 1 aromatic heterocycles. The fourth-order valence-electron chi connectivity index (χ4n) is 3.04. The molecule has 0 saturated heterocycles. The summed E-state index contributed by atoms with van der Waals surface area (Å²) in [6.07, 6.45) is 2.27. The Hall–Kier alpha value is -3.42. The molecule has 0 saturated carbocycles. The van der Waals surface area contributed by atoms with Gasteiger partial charge in [0.2, 0.25) is 12.3 Å². The number of nitrogens with two attached hydrogens (primary N) is 2. The average Bonchev–Trinajstić information content (AvgIpc) is 2.73. The second-order valence-electron chi connectivity index (χ2n) is 6.97. The third-order valence-electron chi connectivity index (χ3n) is 4.57. The summed E-state index contributed by atoms with van der Waals surface area (Å²) in [5.41, 5.74) is 9.43. The second-order valence-corrected chi connectivity index (χ2v) is 6.97. The van der Waals surface area contributed by atoms with Crippen LogP contribution in [0.5, 0.6) is 5.88 Å². The molecule has 0 atom stereocenters. The van der Waals surface area contributed by atoms with Crippen molar-refractivity contribution in [3.05, 3.63) is 77.0 Å². The number of amides is 1. The Balaban J connectivity index is 0.000000735. The zero-order chi connectivity index (χ0) is 22.1. The number of rotatable bonds is 6. The lowest BCUT2D eigenvalue weighted by Gasteiger charge is -2.19. The molecule has 0 aliphatic carbocycles. The van der Waals surface area contributed by atoms with E-state index < -0.39 is 0 Å². The summed E-state index contributed by atoms with van der Waals surface area (Å²) in [5.74, 6) is 11.0. The number of carbonyl (C=O) groups is 1. The molecule has 0 bridgehead atoms. The zero-order valence-corrected chi connectivity index (χ0v) is 17.8. The van der Waals surface area contributed by atoms with Gasteiger partial charge in [-0.25, -0.2) is 16.7 Å². The molecule has 0 aliphatic rings. The van der Waals surface area contributed by atoms with Crippen molar-refractivity contribution in [2.75, 3.05) is 12.1 Å². The maximum atomic E-state index is 8.94. The van der Waals surface area contributed by atoms with Crippen LogP contribution in [-0.2, 0) is 11.4 Å². The molecule has 1 amide bonds. The highest BCUT2D eigenvalue weighted by Gasteiger charge is 2.11. The molecule has 0 fully saturated rings. The number of pyridine rings is 1. The summed E-state index contributed by atoms with van der Waals surface area (Å²) in [5, 5.41) is 1.62. The normalized spacial score (nSPS) is 9.93. The van der Waals surface area contributed by atoms with E-state index in [9.17, 15) is 0 Å². The van der Waals surface area contributed by atoms with Gasteiger partial charge in [-0.1, -0.05) is 42.0 Å². The first-order valence-electron chi connectivity index (χ1n) is 9.50. The highest BCUT2D eigenvalue weighted by Crippen LogP contribution is 2.27. The number of nitrogens with one attached hydrogen (secondary N) is 1. The maximum absolute atomic E-state index is 8.94. The van der Waals surface area contributed by atoms with Gasteiger partial charge in [0, 0.05) is 29.9 Å². The standard InChI is InChI=1S/C22H25N3O.CH4N2O/c1-15-7-5-9-18(11-15)19-12-17(3)22(24-13-19)26-14-20-16(2)8-6-10-21(20)25(4)23;2-3-1-4/h5-13H,14,23H2,1-4H3;1H,2H2,(H,3,4). The van der Waals surface area contributed by atoms with Crippen LogP contribution >= 0.6 is 0 Å². The highest BCUT2D eigenvalue weighted by atomic mass is 16.5. The molecule has 30 heavy (non-hydrogen) atoms. The fourth-order valence-corrected chi connectivity index (χ4v) is 3.04. The number of nitrogens with zero attached hydrogens (tertiary/aromatic N) is 2. The van der Waals surface area contributed by atoms with E-state index in [-0.39, 0.29) is 0 Å². The topological polar surface area (TPSA) is 106 Å². The van der Waals surface area contributed by atoms with Crippen LogP contribution in [0, 0.1) is 20.8 Å². The zero-order valence-electron chi connectivity index (χ0n) is 17.8. The Bertz CT molecular complexity index is 989. The van der Waals surface area contributed by atoms with E-state index in [1.54, 1.807) is 10.4 Å². The van der Waals surface area contributed by atoms with Crippen LogP contribution in [-0.4, -0.2) is 18.4 Å². The minimum Gasteiger partial charge on any atom is -0.473 e. The van der Waals surface area contributed by atoms with E-state index in [0.717, 1.165) is 33.5 Å². The highest BCUT2D eigenvalue weighted by molar-refractivity contribution is 5.64. The molecule has 158 valence electrons. The Morgan fingerprint density at radius 1 is 1.07 bits per heavy atom. The molecule has 7 nitrogen and oxygen atoms in total. The SMILES string of the molecule is Cc1cccc(-c2cnc(OCc3c(C)cccc3N(C)N)c(C)c2)c1.NNC=O. The van der Waals surface area contributed by atoms with Crippen molar-refractivity contribution in [1.82, 2.24) is 10.4 Å². The van der Waals surface area contributed by atoms with Crippen molar-refractivity contribution in [2.45, 2.75) is 27.4 Å². The number of hydrogen-bond acceptors (Lipinski definition) is 6. The van der Waals surface area contributed by atoms with Crippen molar-refractivity contribution in [3.63, 3.8) is 0 Å². The van der Waals surface area contributed by atoms with Gasteiger partial charge in [0.05, 0.1) is 5.69 Å². The van der Waals surface area contributed by atoms with Gasteiger partial charge in [-0.2, -0.15) is 0 Å². The molecule has 3 aromatic rings. The molecular weight excluding hydrogens is 378 g/mol. The number of aryl methyl sites for hydroxylation is 3. The predicted molar refractivity (Wildman–Crippen MR) is 121 cm³/mol. The second kappa shape index (κ2) is 10.9. The lowest BCUT2D eigenvalue weighted by atomic mass is 10.0. The first kappa shape index (κ1) is 22.9. The van der Waals surface area contributed by atoms with Crippen LogP contribution in [0.4, 0.5) is 5.69 Å². The first-order valence-corrected chi connectivity index (χ1v) is 9.50. The Kier molecular flexibility index (Phi) is 8.34. The molecule has 0 unspecified atom stereocenters. The summed E-state index contributed by atoms with van der Waals surface area (Å²) in [6.45, 7) is 6.61. The molecule has 0 aliphatic heterocycles. The lowest BCUT2D eigenvalue weighted by Crippen LogP contribution is -2.26. The van der Waals surface area contributed by atoms with Crippen LogP contribution in [0.3, 0.4) is 0 Å². The largest absolute Gasteiger partial charge is 0.473 e.